The summed E-state index contributed by atoms with van der Waals surface area (Å²) >= 11 is 0. The van der Waals surface area contributed by atoms with E-state index in [1.165, 1.54) is 4.31 Å². The monoisotopic (exact) mass is 520 g/mol. The Morgan fingerprint density at radius 2 is 1.65 bits per heavy atom. The summed E-state index contributed by atoms with van der Waals surface area (Å²) in [5, 5.41) is 3.14. The van der Waals surface area contributed by atoms with E-state index in [-0.39, 0.29) is 29.0 Å². The van der Waals surface area contributed by atoms with Crippen LogP contribution in [0.4, 0.5) is 5.69 Å². The number of anilines is 1. The lowest BCUT2D eigenvalue weighted by Crippen LogP contribution is -2.47. The summed E-state index contributed by atoms with van der Waals surface area (Å²) in [4.78, 5) is 13.7. The zero-order valence-electron chi connectivity index (χ0n) is 22.2. The third-order valence-electron chi connectivity index (χ3n) is 7.56. The maximum absolute atomic E-state index is 13.9. The number of benzene rings is 3. The number of nitrogens with one attached hydrogen (secondary N) is 1. The Balaban J connectivity index is 1.69. The molecule has 0 aliphatic carbocycles. The molecule has 0 saturated heterocycles. The molecule has 0 bridgehead atoms. The molecule has 37 heavy (non-hydrogen) atoms. The lowest BCUT2D eigenvalue weighted by molar-refractivity contribution is -0.121. The van der Waals surface area contributed by atoms with Crippen LogP contribution in [0.1, 0.15) is 61.4 Å². The predicted molar refractivity (Wildman–Crippen MR) is 148 cm³/mol. The zero-order chi connectivity index (χ0) is 26.8. The normalized spacial score (nSPS) is 16.4. The first-order valence-corrected chi connectivity index (χ1v) is 14.3. The van der Waals surface area contributed by atoms with Crippen LogP contribution >= 0.6 is 0 Å². The number of fused-ring (bicyclic) bond motifs is 1. The van der Waals surface area contributed by atoms with Gasteiger partial charge in [-0.15, -0.1) is 0 Å². The fraction of sp³-hybridized carbons (Fsp3) is 0.367. The molecule has 3 aromatic rings. The number of nitrogens with zero attached hydrogens (tertiary/aromatic N) is 1. The topological polar surface area (TPSA) is 75.7 Å². The van der Waals surface area contributed by atoms with Gasteiger partial charge in [0.05, 0.1) is 16.6 Å². The van der Waals surface area contributed by atoms with Crippen LogP contribution in [0.3, 0.4) is 0 Å². The summed E-state index contributed by atoms with van der Waals surface area (Å²) in [6, 6.07) is 19.7. The highest BCUT2D eigenvalue weighted by Gasteiger charge is 2.39. The largest absolute Gasteiger partial charge is 0.487 e. The molecule has 1 aliphatic rings. The Morgan fingerprint density at radius 3 is 2.32 bits per heavy atom. The number of sulfonamides is 1. The van der Waals surface area contributed by atoms with Crippen molar-refractivity contribution in [3.8, 4) is 5.75 Å². The highest BCUT2D eigenvalue weighted by atomic mass is 32.2. The van der Waals surface area contributed by atoms with Crippen molar-refractivity contribution in [2.45, 2.75) is 70.4 Å². The van der Waals surface area contributed by atoms with Gasteiger partial charge in [-0.05, 0) is 69.0 Å². The lowest BCUT2D eigenvalue weighted by atomic mass is 9.83. The number of hydrogen-bond donors (Lipinski definition) is 1. The van der Waals surface area contributed by atoms with E-state index in [9.17, 15) is 13.2 Å². The average molecular weight is 521 g/mol. The molecule has 1 amide bonds. The fourth-order valence-corrected chi connectivity index (χ4v) is 6.42. The lowest BCUT2D eigenvalue weighted by Gasteiger charge is -2.41. The van der Waals surface area contributed by atoms with E-state index in [1.54, 1.807) is 30.3 Å². The Labute approximate surface area is 220 Å². The van der Waals surface area contributed by atoms with Gasteiger partial charge in [0.1, 0.15) is 17.9 Å². The van der Waals surface area contributed by atoms with Gasteiger partial charge < -0.3 is 10.1 Å². The highest BCUT2D eigenvalue weighted by molar-refractivity contribution is 7.92. The van der Waals surface area contributed by atoms with Gasteiger partial charge in [-0.25, -0.2) is 8.42 Å². The Bertz CT molecular complexity index is 1380. The number of hydrogen-bond acceptors (Lipinski definition) is 4. The molecule has 1 N–H and O–H groups in total. The minimum absolute atomic E-state index is 0.152. The van der Waals surface area contributed by atoms with Crippen LogP contribution in [0.2, 0.25) is 0 Å². The van der Waals surface area contributed by atoms with Gasteiger partial charge in [-0.3, -0.25) is 9.10 Å². The van der Waals surface area contributed by atoms with Crippen molar-refractivity contribution >= 4 is 21.6 Å². The molecule has 1 aliphatic heterocycles. The molecule has 7 heteroatoms. The number of rotatable bonds is 8. The summed E-state index contributed by atoms with van der Waals surface area (Å²) in [7, 11) is -3.99. The van der Waals surface area contributed by atoms with E-state index >= 15 is 0 Å². The van der Waals surface area contributed by atoms with Crippen molar-refractivity contribution in [3.63, 3.8) is 0 Å². The second-order valence-electron chi connectivity index (χ2n) is 9.90. The van der Waals surface area contributed by atoms with Gasteiger partial charge in [0.25, 0.3) is 10.0 Å². The minimum Gasteiger partial charge on any atom is -0.487 e. The molecule has 0 saturated carbocycles. The number of amides is 1. The molecular weight excluding hydrogens is 484 g/mol. The average Bonchev–Trinajstić information content (AvgIpc) is 2.89. The third-order valence-corrected chi connectivity index (χ3v) is 9.34. The number of para-hydroxylation sites is 1. The summed E-state index contributed by atoms with van der Waals surface area (Å²) in [6.45, 7) is 9.57. The SMILES string of the molecule is CCC1(CC)C[C@@H](NC(=O)CN(c2cccc(C)c2C)S(=O)(=O)c2ccc(C)cc2)c2ccccc2O1. The zero-order valence-corrected chi connectivity index (χ0v) is 23.1. The van der Waals surface area contributed by atoms with Gasteiger partial charge in [0, 0.05) is 12.0 Å². The Kier molecular flexibility index (Phi) is 7.64. The molecule has 1 atom stereocenters. The molecule has 0 fully saturated rings. The molecule has 1 heterocycles. The number of carbonyl (C=O) groups is 1. The molecular formula is C30H36N2O4S. The van der Waals surface area contributed by atoms with E-state index in [1.807, 2.05) is 57.2 Å². The van der Waals surface area contributed by atoms with Crippen molar-refractivity contribution in [1.82, 2.24) is 5.32 Å². The molecule has 6 nitrogen and oxygen atoms in total. The van der Waals surface area contributed by atoms with E-state index in [4.69, 9.17) is 4.74 Å². The van der Waals surface area contributed by atoms with Crippen LogP contribution in [0.25, 0.3) is 0 Å². The van der Waals surface area contributed by atoms with E-state index in [0.717, 1.165) is 40.8 Å². The highest BCUT2D eigenvalue weighted by Crippen LogP contribution is 2.42. The van der Waals surface area contributed by atoms with E-state index < -0.39 is 10.0 Å². The molecule has 0 unspecified atom stereocenters. The fourth-order valence-electron chi connectivity index (χ4n) is 4.94. The molecule has 4 rings (SSSR count). The third kappa shape index (κ3) is 5.37. The minimum atomic E-state index is -3.99. The van der Waals surface area contributed by atoms with Gasteiger partial charge >= 0.3 is 0 Å². The van der Waals surface area contributed by atoms with Gasteiger partial charge in [-0.1, -0.05) is 61.9 Å². The first-order valence-electron chi connectivity index (χ1n) is 12.8. The molecule has 0 radical (unpaired) electrons. The second-order valence-corrected chi connectivity index (χ2v) is 11.8. The van der Waals surface area contributed by atoms with Gasteiger partial charge in [-0.2, -0.15) is 0 Å². The van der Waals surface area contributed by atoms with Crippen LogP contribution in [-0.2, 0) is 14.8 Å². The standard InChI is InChI=1S/C30H36N2O4S/c1-6-30(7-2)19-26(25-12-8-9-14-28(25)36-30)31-29(33)20-32(27-13-10-11-22(4)23(27)5)37(34,35)24-17-15-21(3)16-18-24/h8-18,26H,6-7,19-20H2,1-5H3,(H,31,33)/t26-/m1/s1. The predicted octanol–water partition coefficient (Wildman–Crippen LogP) is 6.01. The number of carbonyl (C=O) groups excluding carboxylic acids is 1. The number of aryl methyl sites for hydroxylation is 2. The summed E-state index contributed by atoms with van der Waals surface area (Å²) in [5.41, 5.74) is 3.76. The van der Waals surface area contributed by atoms with Gasteiger partial charge in [0.15, 0.2) is 0 Å². The maximum atomic E-state index is 13.9. The maximum Gasteiger partial charge on any atom is 0.264 e. The van der Waals surface area contributed by atoms with Crippen molar-refractivity contribution in [1.29, 1.82) is 0 Å². The van der Waals surface area contributed by atoms with Crippen LogP contribution in [0.15, 0.2) is 71.6 Å². The molecule has 196 valence electrons. The Hall–Kier alpha value is -3.32. The second kappa shape index (κ2) is 10.6. The Morgan fingerprint density at radius 1 is 0.973 bits per heavy atom. The molecule has 0 spiro atoms. The van der Waals surface area contributed by atoms with Crippen LogP contribution in [-0.4, -0.2) is 26.5 Å². The molecule has 0 aromatic heterocycles. The van der Waals surface area contributed by atoms with Crippen molar-refractivity contribution in [2.24, 2.45) is 0 Å². The van der Waals surface area contributed by atoms with Crippen molar-refractivity contribution in [3.05, 3.63) is 89.0 Å². The van der Waals surface area contributed by atoms with E-state index in [0.29, 0.717) is 12.1 Å². The molecule has 3 aromatic carbocycles. The smallest absolute Gasteiger partial charge is 0.264 e. The van der Waals surface area contributed by atoms with Crippen LogP contribution in [0, 0.1) is 20.8 Å². The van der Waals surface area contributed by atoms with Crippen LogP contribution in [0.5, 0.6) is 5.75 Å². The summed E-state index contributed by atoms with van der Waals surface area (Å²) in [5.74, 6) is 0.404. The summed E-state index contributed by atoms with van der Waals surface area (Å²) < 4.78 is 35.3. The first-order chi connectivity index (χ1) is 17.6. The first kappa shape index (κ1) is 26.7. The van der Waals surface area contributed by atoms with Crippen LogP contribution < -0.4 is 14.4 Å². The van der Waals surface area contributed by atoms with Crippen molar-refractivity contribution < 1.29 is 17.9 Å². The van der Waals surface area contributed by atoms with Crippen molar-refractivity contribution in [2.75, 3.05) is 10.8 Å². The van der Waals surface area contributed by atoms with Gasteiger partial charge in [0.2, 0.25) is 5.91 Å². The number of ether oxygens (including phenoxy) is 1. The quantitative estimate of drug-likeness (QED) is 0.395. The summed E-state index contributed by atoms with van der Waals surface area (Å²) in [6.07, 6.45) is 2.23. The van der Waals surface area contributed by atoms with E-state index in [2.05, 4.69) is 19.2 Å².